The highest BCUT2D eigenvalue weighted by molar-refractivity contribution is 7.14. The summed E-state index contributed by atoms with van der Waals surface area (Å²) in [5.41, 5.74) is 3.69. The summed E-state index contributed by atoms with van der Waals surface area (Å²) in [6.07, 6.45) is 4.17. The van der Waals surface area contributed by atoms with Gasteiger partial charge in [-0.1, -0.05) is 11.6 Å². The summed E-state index contributed by atoms with van der Waals surface area (Å²) >= 11 is 7.40. The Morgan fingerprint density at radius 2 is 2.11 bits per heavy atom. The van der Waals surface area contributed by atoms with Gasteiger partial charge in [0.2, 0.25) is 0 Å². The first-order valence-corrected chi connectivity index (χ1v) is 10.4. The third-order valence-corrected chi connectivity index (χ3v) is 6.18. The van der Waals surface area contributed by atoms with Crippen LogP contribution in [0.1, 0.15) is 30.1 Å². The number of fused-ring (bicyclic) bond motifs is 1. The van der Waals surface area contributed by atoms with Gasteiger partial charge < -0.3 is 9.30 Å². The summed E-state index contributed by atoms with van der Waals surface area (Å²) in [5, 5.41) is 1.95. The van der Waals surface area contributed by atoms with E-state index in [4.69, 9.17) is 21.3 Å². The van der Waals surface area contributed by atoms with Crippen molar-refractivity contribution >= 4 is 34.0 Å². The van der Waals surface area contributed by atoms with Gasteiger partial charge in [-0.15, -0.1) is 11.3 Å². The van der Waals surface area contributed by atoms with Crippen LogP contribution in [0.15, 0.2) is 52.8 Å². The van der Waals surface area contributed by atoms with Gasteiger partial charge in [0, 0.05) is 30.8 Å². The average molecular weight is 412 g/mol. The monoisotopic (exact) mass is 411 g/mol. The second-order valence-electron chi connectivity index (χ2n) is 7.09. The third-order valence-electron chi connectivity index (χ3n) is 5.04. The molecule has 0 unspecified atom stereocenters. The van der Waals surface area contributed by atoms with Gasteiger partial charge in [0.25, 0.3) is 5.56 Å². The Bertz CT molecular complexity index is 1240. The number of hydrogen-bond donors (Lipinski definition) is 0. The number of benzene rings is 1. The predicted octanol–water partition coefficient (Wildman–Crippen LogP) is 4.90. The number of nitrogens with zero attached hydrogens (tertiary/aromatic N) is 3. The van der Waals surface area contributed by atoms with Crippen LogP contribution in [-0.4, -0.2) is 14.1 Å². The molecule has 0 radical (unpaired) electrons. The maximum absolute atomic E-state index is 12.6. The maximum Gasteiger partial charge on any atom is 0.258 e. The Hall–Kier alpha value is -2.57. The van der Waals surface area contributed by atoms with Gasteiger partial charge in [0.05, 0.1) is 21.1 Å². The van der Waals surface area contributed by atoms with E-state index in [1.54, 1.807) is 16.8 Å². The molecular weight excluding hydrogens is 394 g/mol. The molecule has 142 valence electrons. The zero-order valence-electron chi connectivity index (χ0n) is 15.3. The zero-order valence-corrected chi connectivity index (χ0v) is 16.8. The number of thiophene rings is 1. The smallest absolute Gasteiger partial charge is 0.258 e. The number of ether oxygens (including phenoxy) is 1. The molecule has 0 atom stereocenters. The number of halogens is 1. The Balaban J connectivity index is 1.42. The molecule has 3 aromatic heterocycles. The van der Waals surface area contributed by atoms with E-state index in [0.717, 1.165) is 32.4 Å². The molecular formula is C21H18ClN3O2S. The molecule has 1 aliphatic carbocycles. The highest BCUT2D eigenvalue weighted by Gasteiger charge is 2.28. The normalized spacial score (nSPS) is 13.9. The Morgan fingerprint density at radius 3 is 2.82 bits per heavy atom. The van der Waals surface area contributed by atoms with Crippen molar-refractivity contribution in [1.29, 1.82) is 0 Å². The summed E-state index contributed by atoms with van der Waals surface area (Å²) in [6.45, 7) is 0.387. The van der Waals surface area contributed by atoms with Gasteiger partial charge in [0.1, 0.15) is 18.2 Å². The van der Waals surface area contributed by atoms with Gasteiger partial charge in [-0.2, -0.15) is 0 Å². The second-order valence-corrected chi connectivity index (χ2v) is 8.64. The molecule has 1 fully saturated rings. The SMILES string of the molecule is Cn1c(C2CC2)nc2ccc(-n3ccc(OCc4csc(Cl)c4)cc3=O)cc21. The number of aryl methyl sites for hydroxylation is 1. The fourth-order valence-electron chi connectivity index (χ4n) is 3.41. The molecule has 1 aliphatic rings. The number of aromatic nitrogens is 3. The number of imidazole rings is 1. The summed E-state index contributed by atoms with van der Waals surface area (Å²) in [6, 6.07) is 11.1. The molecule has 0 N–H and O–H groups in total. The maximum atomic E-state index is 12.6. The van der Waals surface area contributed by atoms with Crippen molar-refractivity contribution in [2.45, 2.75) is 25.4 Å². The fourth-order valence-corrected chi connectivity index (χ4v) is 4.30. The minimum absolute atomic E-state index is 0.134. The molecule has 28 heavy (non-hydrogen) atoms. The van der Waals surface area contributed by atoms with Crippen molar-refractivity contribution < 1.29 is 4.74 Å². The van der Waals surface area contributed by atoms with Crippen molar-refractivity contribution in [1.82, 2.24) is 14.1 Å². The van der Waals surface area contributed by atoms with Crippen LogP contribution in [0.2, 0.25) is 4.34 Å². The van der Waals surface area contributed by atoms with Gasteiger partial charge >= 0.3 is 0 Å². The largest absolute Gasteiger partial charge is 0.489 e. The van der Waals surface area contributed by atoms with Crippen LogP contribution in [0.25, 0.3) is 16.7 Å². The minimum Gasteiger partial charge on any atom is -0.489 e. The number of pyridine rings is 1. The van der Waals surface area contributed by atoms with Crippen LogP contribution in [0.3, 0.4) is 0 Å². The molecule has 1 saturated carbocycles. The number of rotatable bonds is 5. The van der Waals surface area contributed by atoms with Crippen molar-refractivity contribution in [2.24, 2.45) is 7.05 Å². The van der Waals surface area contributed by atoms with E-state index < -0.39 is 0 Å². The highest BCUT2D eigenvalue weighted by atomic mass is 35.5. The Labute approximate surface area is 170 Å². The predicted molar refractivity (Wildman–Crippen MR) is 112 cm³/mol. The zero-order chi connectivity index (χ0) is 19.3. The van der Waals surface area contributed by atoms with Gasteiger partial charge in [0.15, 0.2) is 0 Å². The summed E-state index contributed by atoms with van der Waals surface area (Å²) < 4.78 is 10.2. The fraction of sp³-hybridized carbons (Fsp3) is 0.238. The molecule has 0 amide bonds. The van der Waals surface area contributed by atoms with E-state index in [-0.39, 0.29) is 5.56 Å². The van der Waals surface area contributed by atoms with Crippen LogP contribution in [0.5, 0.6) is 5.75 Å². The highest BCUT2D eigenvalue weighted by Crippen LogP contribution is 2.40. The first kappa shape index (κ1) is 17.5. The lowest BCUT2D eigenvalue weighted by Crippen LogP contribution is -2.16. The molecule has 5 nitrogen and oxygen atoms in total. The van der Waals surface area contributed by atoms with E-state index in [0.29, 0.717) is 18.3 Å². The van der Waals surface area contributed by atoms with Crippen LogP contribution in [-0.2, 0) is 13.7 Å². The minimum atomic E-state index is -0.134. The number of hydrogen-bond acceptors (Lipinski definition) is 4. The van der Waals surface area contributed by atoms with E-state index >= 15 is 0 Å². The standard InChI is InChI=1S/C21H18ClN3O2S/c1-24-18-9-15(4-5-17(18)23-21(24)14-2-3-14)25-7-6-16(10-20(25)26)27-11-13-8-19(22)28-12-13/h4-10,12,14H,2-3,11H2,1H3. The molecule has 5 rings (SSSR count). The Kier molecular flexibility index (Phi) is 4.25. The van der Waals surface area contributed by atoms with Crippen LogP contribution in [0, 0.1) is 0 Å². The van der Waals surface area contributed by atoms with Crippen LogP contribution < -0.4 is 10.3 Å². The van der Waals surface area contributed by atoms with E-state index in [1.165, 1.54) is 30.2 Å². The van der Waals surface area contributed by atoms with Gasteiger partial charge in [-0.25, -0.2) is 4.98 Å². The summed E-state index contributed by atoms with van der Waals surface area (Å²) in [5.74, 6) is 2.26. The molecule has 0 bridgehead atoms. The van der Waals surface area contributed by atoms with Crippen molar-refractivity contribution in [3.8, 4) is 11.4 Å². The summed E-state index contributed by atoms with van der Waals surface area (Å²) in [4.78, 5) is 17.4. The lowest BCUT2D eigenvalue weighted by molar-refractivity contribution is 0.306. The molecule has 1 aromatic carbocycles. The lowest BCUT2D eigenvalue weighted by Gasteiger charge is -2.09. The second kappa shape index (κ2) is 6.79. The van der Waals surface area contributed by atoms with Crippen molar-refractivity contribution in [3.05, 3.63) is 74.1 Å². The van der Waals surface area contributed by atoms with Crippen molar-refractivity contribution in [2.75, 3.05) is 0 Å². The molecule has 0 saturated heterocycles. The van der Waals surface area contributed by atoms with Gasteiger partial charge in [-0.05, 0) is 48.6 Å². The molecule has 0 aliphatic heterocycles. The first-order chi connectivity index (χ1) is 13.6. The third kappa shape index (κ3) is 3.23. The topological polar surface area (TPSA) is 49.0 Å². The molecule has 4 aromatic rings. The van der Waals surface area contributed by atoms with E-state index in [9.17, 15) is 4.79 Å². The quantitative estimate of drug-likeness (QED) is 0.469. The van der Waals surface area contributed by atoms with Crippen LogP contribution >= 0.6 is 22.9 Å². The summed E-state index contributed by atoms with van der Waals surface area (Å²) in [7, 11) is 2.04. The molecule has 0 spiro atoms. The lowest BCUT2D eigenvalue weighted by atomic mass is 10.2. The molecule has 7 heteroatoms. The van der Waals surface area contributed by atoms with Crippen molar-refractivity contribution in [3.63, 3.8) is 0 Å². The van der Waals surface area contributed by atoms with Crippen LogP contribution in [0.4, 0.5) is 0 Å². The molecule has 3 heterocycles. The van der Waals surface area contributed by atoms with E-state index in [1.807, 2.05) is 36.7 Å². The average Bonchev–Trinajstić information content (AvgIpc) is 3.37. The van der Waals surface area contributed by atoms with E-state index in [2.05, 4.69) is 4.57 Å². The first-order valence-electron chi connectivity index (χ1n) is 9.13. The van der Waals surface area contributed by atoms with Gasteiger partial charge in [-0.3, -0.25) is 9.36 Å². The Morgan fingerprint density at radius 1 is 1.25 bits per heavy atom.